The van der Waals surface area contributed by atoms with Gasteiger partial charge in [-0.1, -0.05) is 44.7 Å². The maximum Gasteiger partial charge on any atom is 0.235 e. The van der Waals surface area contributed by atoms with Gasteiger partial charge in [0.2, 0.25) is 10.0 Å². The van der Waals surface area contributed by atoms with E-state index in [0.717, 1.165) is 44.9 Å². The monoisotopic (exact) mass is 295 g/mol. The Morgan fingerprint density at radius 3 is 2.65 bits per heavy atom. The van der Waals surface area contributed by atoms with Crippen molar-refractivity contribution in [3.63, 3.8) is 0 Å². The molecule has 0 bridgehead atoms. The molecular weight excluding hydrogens is 270 g/mol. The molecule has 20 heavy (non-hydrogen) atoms. The second-order valence-electron chi connectivity index (χ2n) is 5.71. The molecule has 3 nitrogen and oxygen atoms in total. The topological polar surface area (TPSA) is 46.2 Å². The van der Waals surface area contributed by atoms with Gasteiger partial charge in [-0.3, -0.25) is 4.72 Å². The standard InChI is InChI=1S/C16H25NO2S/c1-2-3-8-14-9-7-10-15(13-14)17-20(18,19)16-11-5-4-6-12-16/h7,9-10,13,16-17H,2-6,8,11-12H2,1H3. The van der Waals surface area contributed by atoms with Gasteiger partial charge in [0.1, 0.15) is 0 Å². The van der Waals surface area contributed by atoms with E-state index in [9.17, 15) is 8.42 Å². The molecule has 1 fully saturated rings. The van der Waals surface area contributed by atoms with Crippen LogP contribution in [0.3, 0.4) is 0 Å². The summed E-state index contributed by atoms with van der Waals surface area (Å²) in [4.78, 5) is 0. The first-order chi connectivity index (χ1) is 9.62. The molecule has 1 aromatic rings. The molecule has 1 aliphatic carbocycles. The summed E-state index contributed by atoms with van der Waals surface area (Å²) in [6.07, 6.45) is 8.12. The zero-order valence-corrected chi connectivity index (χ0v) is 13.1. The lowest BCUT2D eigenvalue weighted by Crippen LogP contribution is -2.29. The Bertz CT molecular complexity index is 519. The molecule has 0 radical (unpaired) electrons. The molecule has 1 saturated carbocycles. The average molecular weight is 295 g/mol. The number of unbranched alkanes of at least 4 members (excludes halogenated alkanes) is 1. The third-order valence-electron chi connectivity index (χ3n) is 4.00. The van der Waals surface area contributed by atoms with Gasteiger partial charge in [0.05, 0.1) is 5.25 Å². The maximum atomic E-state index is 12.4. The molecule has 1 aliphatic rings. The fourth-order valence-electron chi connectivity index (χ4n) is 2.79. The molecule has 0 amide bonds. The van der Waals surface area contributed by atoms with Gasteiger partial charge in [-0.2, -0.15) is 0 Å². The van der Waals surface area contributed by atoms with E-state index < -0.39 is 10.0 Å². The Kier molecular flexibility index (Phi) is 5.46. The van der Waals surface area contributed by atoms with E-state index in [1.165, 1.54) is 12.0 Å². The van der Waals surface area contributed by atoms with Crippen LogP contribution in [-0.4, -0.2) is 13.7 Å². The van der Waals surface area contributed by atoms with Gasteiger partial charge in [0, 0.05) is 5.69 Å². The van der Waals surface area contributed by atoms with Crippen LogP contribution in [0.25, 0.3) is 0 Å². The van der Waals surface area contributed by atoms with Crippen LogP contribution in [0.1, 0.15) is 57.4 Å². The van der Waals surface area contributed by atoms with Gasteiger partial charge in [-0.25, -0.2) is 8.42 Å². The number of hydrogen-bond acceptors (Lipinski definition) is 2. The molecule has 1 N–H and O–H groups in total. The van der Waals surface area contributed by atoms with E-state index in [-0.39, 0.29) is 5.25 Å². The summed E-state index contributed by atoms with van der Waals surface area (Å²) in [6.45, 7) is 2.16. The Balaban J connectivity index is 2.04. The van der Waals surface area contributed by atoms with Gasteiger partial charge in [0.15, 0.2) is 0 Å². The molecule has 0 saturated heterocycles. The molecule has 4 heteroatoms. The number of nitrogens with one attached hydrogen (secondary N) is 1. The molecule has 0 aromatic heterocycles. The van der Waals surface area contributed by atoms with E-state index in [4.69, 9.17) is 0 Å². The minimum atomic E-state index is -3.22. The van der Waals surface area contributed by atoms with Crippen LogP contribution < -0.4 is 4.72 Å². The summed E-state index contributed by atoms with van der Waals surface area (Å²) in [5.41, 5.74) is 1.92. The van der Waals surface area contributed by atoms with E-state index >= 15 is 0 Å². The third kappa shape index (κ3) is 4.23. The highest BCUT2D eigenvalue weighted by Gasteiger charge is 2.27. The lowest BCUT2D eigenvalue weighted by atomic mass is 10.0. The van der Waals surface area contributed by atoms with Crippen LogP contribution in [0, 0.1) is 0 Å². The van der Waals surface area contributed by atoms with Crippen LogP contribution in [0.5, 0.6) is 0 Å². The third-order valence-corrected chi connectivity index (χ3v) is 5.87. The molecule has 0 heterocycles. The fraction of sp³-hybridized carbons (Fsp3) is 0.625. The van der Waals surface area contributed by atoms with Crippen LogP contribution in [0.4, 0.5) is 5.69 Å². The number of anilines is 1. The maximum absolute atomic E-state index is 12.4. The van der Waals surface area contributed by atoms with Crippen molar-refractivity contribution in [3.8, 4) is 0 Å². The first-order valence-corrected chi connectivity index (χ1v) is 9.27. The summed E-state index contributed by atoms with van der Waals surface area (Å²) in [5, 5.41) is -0.212. The summed E-state index contributed by atoms with van der Waals surface area (Å²) in [6, 6.07) is 7.81. The molecule has 1 aromatic carbocycles. The second-order valence-corrected chi connectivity index (χ2v) is 7.67. The van der Waals surface area contributed by atoms with Crippen LogP contribution in [-0.2, 0) is 16.4 Å². The average Bonchev–Trinajstić information content (AvgIpc) is 2.46. The lowest BCUT2D eigenvalue weighted by molar-refractivity contribution is 0.486. The van der Waals surface area contributed by atoms with Gasteiger partial charge in [0.25, 0.3) is 0 Å². The SMILES string of the molecule is CCCCc1cccc(NS(=O)(=O)C2CCCCC2)c1. The van der Waals surface area contributed by atoms with Crippen molar-refractivity contribution in [3.05, 3.63) is 29.8 Å². The van der Waals surface area contributed by atoms with Gasteiger partial charge in [-0.05, 0) is 43.4 Å². The van der Waals surface area contributed by atoms with E-state index in [0.29, 0.717) is 5.69 Å². The predicted octanol–water partition coefficient (Wildman–Crippen LogP) is 4.10. The molecule has 0 aliphatic heterocycles. The minimum absolute atomic E-state index is 0.212. The first-order valence-electron chi connectivity index (χ1n) is 7.72. The quantitative estimate of drug-likeness (QED) is 0.858. The minimum Gasteiger partial charge on any atom is -0.283 e. The number of rotatable bonds is 6. The van der Waals surface area contributed by atoms with Crippen molar-refractivity contribution < 1.29 is 8.42 Å². The summed E-state index contributed by atoms with van der Waals surface area (Å²) >= 11 is 0. The van der Waals surface area contributed by atoms with Crippen LogP contribution in [0.15, 0.2) is 24.3 Å². The van der Waals surface area contributed by atoms with E-state index in [1.54, 1.807) is 0 Å². The van der Waals surface area contributed by atoms with Crippen molar-refractivity contribution in [2.24, 2.45) is 0 Å². The molecule has 112 valence electrons. The number of hydrogen-bond donors (Lipinski definition) is 1. The van der Waals surface area contributed by atoms with Gasteiger partial charge < -0.3 is 0 Å². The number of aryl methyl sites for hydroxylation is 1. The van der Waals surface area contributed by atoms with Crippen molar-refractivity contribution in [1.82, 2.24) is 0 Å². The number of sulfonamides is 1. The first kappa shape index (κ1) is 15.4. The molecule has 0 spiro atoms. The smallest absolute Gasteiger partial charge is 0.235 e. The summed E-state index contributed by atoms with van der Waals surface area (Å²) in [5.74, 6) is 0. The molecule has 0 atom stereocenters. The normalized spacial score (nSPS) is 17.1. The largest absolute Gasteiger partial charge is 0.283 e. The summed E-state index contributed by atoms with van der Waals surface area (Å²) < 4.78 is 27.5. The van der Waals surface area contributed by atoms with E-state index in [1.807, 2.05) is 18.2 Å². The second kappa shape index (κ2) is 7.11. The zero-order valence-electron chi connectivity index (χ0n) is 12.3. The van der Waals surface area contributed by atoms with Crippen LogP contribution in [0.2, 0.25) is 0 Å². The Labute approximate surface area is 122 Å². The highest BCUT2D eigenvalue weighted by Crippen LogP contribution is 2.25. The van der Waals surface area contributed by atoms with Gasteiger partial charge in [-0.15, -0.1) is 0 Å². The lowest BCUT2D eigenvalue weighted by Gasteiger charge is -2.22. The molecule has 0 unspecified atom stereocenters. The summed E-state index contributed by atoms with van der Waals surface area (Å²) in [7, 11) is -3.22. The Morgan fingerprint density at radius 1 is 1.20 bits per heavy atom. The Hall–Kier alpha value is -1.03. The zero-order chi connectivity index (χ0) is 14.4. The van der Waals surface area contributed by atoms with Crippen molar-refractivity contribution in [2.75, 3.05) is 4.72 Å². The van der Waals surface area contributed by atoms with Gasteiger partial charge >= 0.3 is 0 Å². The van der Waals surface area contributed by atoms with Crippen molar-refractivity contribution in [1.29, 1.82) is 0 Å². The van der Waals surface area contributed by atoms with E-state index in [2.05, 4.69) is 17.7 Å². The molecular formula is C16H25NO2S. The number of benzene rings is 1. The molecule has 2 rings (SSSR count). The van der Waals surface area contributed by atoms with Crippen molar-refractivity contribution >= 4 is 15.7 Å². The van der Waals surface area contributed by atoms with Crippen LogP contribution >= 0.6 is 0 Å². The highest BCUT2D eigenvalue weighted by atomic mass is 32.2. The highest BCUT2D eigenvalue weighted by molar-refractivity contribution is 7.93. The van der Waals surface area contributed by atoms with Crippen molar-refractivity contribution in [2.45, 2.75) is 63.5 Å². The predicted molar refractivity (Wildman–Crippen MR) is 84.5 cm³/mol. The Morgan fingerprint density at radius 2 is 1.95 bits per heavy atom. The fourth-order valence-corrected chi connectivity index (χ4v) is 4.37.